The fraction of sp³-hybridized carbons (Fsp3) is 0.364. The van der Waals surface area contributed by atoms with Crippen molar-refractivity contribution in [1.29, 1.82) is 0 Å². The molecule has 0 fully saturated rings. The number of carboxylic acid groups (broad SMARTS) is 1. The number of carbonyl (C=O) groups is 1. The van der Waals surface area contributed by atoms with E-state index in [1.165, 1.54) is 12.1 Å². The van der Waals surface area contributed by atoms with Crippen molar-refractivity contribution < 1.29 is 18.3 Å². The van der Waals surface area contributed by atoms with Crippen LogP contribution in [0.3, 0.4) is 0 Å². The molecule has 0 saturated heterocycles. The maximum absolute atomic E-state index is 11.8. The summed E-state index contributed by atoms with van der Waals surface area (Å²) in [6.07, 6.45) is 0.468. The second-order valence-electron chi connectivity index (χ2n) is 3.62. The zero-order chi connectivity index (χ0) is 12.3. The van der Waals surface area contributed by atoms with Gasteiger partial charge in [0.1, 0.15) is 0 Å². The van der Waals surface area contributed by atoms with E-state index in [2.05, 4.69) is 0 Å². The van der Waals surface area contributed by atoms with Crippen LogP contribution in [0.4, 0.5) is 0 Å². The standard InChI is InChI=1S/C11H14O4S/c1-3-6-16(14,15)10-5-4-8(2)7-9(10)11(12)13/h4-5,7H,3,6H2,1-2H3,(H,12,13). The predicted octanol–water partition coefficient (Wildman–Crippen LogP) is 1.88. The van der Waals surface area contributed by atoms with E-state index in [-0.39, 0.29) is 16.2 Å². The Balaban J connectivity index is 3.39. The van der Waals surface area contributed by atoms with Crippen molar-refractivity contribution in [2.45, 2.75) is 25.2 Å². The van der Waals surface area contributed by atoms with Crippen LogP contribution in [-0.2, 0) is 9.84 Å². The fourth-order valence-corrected chi connectivity index (χ4v) is 2.97. The van der Waals surface area contributed by atoms with Crippen molar-refractivity contribution in [3.8, 4) is 0 Å². The SMILES string of the molecule is CCCS(=O)(=O)c1ccc(C)cc1C(=O)O. The third kappa shape index (κ3) is 2.61. The third-order valence-corrected chi connectivity index (χ3v) is 4.15. The van der Waals surface area contributed by atoms with E-state index in [1.54, 1.807) is 19.9 Å². The number of carboxylic acids is 1. The Morgan fingerprint density at radius 1 is 1.38 bits per heavy atom. The first-order valence-electron chi connectivity index (χ1n) is 4.95. The van der Waals surface area contributed by atoms with E-state index >= 15 is 0 Å². The molecular formula is C11H14O4S. The largest absolute Gasteiger partial charge is 0.478 e. The van der Waals surface area contributed by atoms with Crippen LogP contribution in [0.1, 0.15) is 29.3 Å². The van der Waals surface area contributed by atoms with Gasteiger partial charge < -0.3 is 5.11 Å². The zero-order valence-corrected chi connectivity index (χ0v) is 10.0. The summed E-state index contributed by atoms with van der Waals surface area (Å²) in [5, 5.41) is 8.96. The van der Waals surface area contributed by atoms with Crippen molar-refractivity contribution in [3.05, 3.63) is 29.3 Å². The molecule has 0 aliphatic carbocycles. The monoisotopic (exact) mass is 242 g/mol. The van der Waals surface area contributed by atoms with Crippen LogP contribution in [0.5, 0.6) is 0 Å². The van der Waals surface area contributed by atoms with Gasteiger partial charge in [0.25, 0.3) is 0 Å². The van der Waals surface area contributed by atoms with Gasteiger partial charge in [-0.05, 0) is 25.5 Å². The van der Waals surface area contributed by atoms with Gasteiger partial charge in [0.15, 0.2) is 9.84 Å². The molecule has 0 spiro atoms. The highest BCUT2D eigenvalue weighted by atomic mass is 32.2. The summed E-state index contributed by atoms with van der Waals surface area (Å²) in [7, 11) is -3.48. The third-order valence-electron chi connectivity index (χ3n) is 2.17. The molecule has 0 aliphatic rings. The van der Waals surface area contributed by atoms with E-state index in [1.807, 2.05) is 0 Å². The normalized spacial score (nSPS) is 11.4. The van der Waals surface area contributed by atoms with Crippen molar-refractivity contribution >= 4 is 15.8 Å². The van der Waals surface area contributed by atoms with Crippen LogP contribution in [0.15, 0.2) is 23.1 Å². The maximum atomic E-state index is 11.8. The summed E-state index contributed by atoms with van der Waals surface area (Å²) in [6, 6.07) is 4.35. The van der Waals surface area contributed by atoms with E-state index in [9.17, 15) is 13.2 Å². The number of sulfone groups is 1. The molecule has 1 N–H and O–H groups in total. The van der Waals surface area contributed by atoms with Crippen molar-refractivity contribution in [2.75, 3.05) is 5.75 Å². The van der Waals surface area contributed by atoms with E-state index < -0.39 is 15.8 Å². The van der Waals surface area contributed by atoms with Gasteiger partial charge in [-0.25, -0.2) is 13.2 Å². The molecule has 16 heavy (non-hydrogen) atoms. The van der Waals surface area contributed by atoms with Crippen LogP contribution in [0.25, 0.3) is 0 Å². The van der Waals surface area contributed by atoms with Crippen molar-refractivity contribution in [1.82, 2.24) is 0 Å². The highest BCUT2D eigenvalue weighted by Gasteiger charge is 2.21. The lowest BCUT2D eigenvalue weighted by atomic mass is 10.1. The number of aromatic carboxylic acids is 1. The van der Waals surface area contributed by atoms with Gasteiger partial charge in [-0.2, -0.15) is 0 Å². The fourth-order valence-electron chi connectivity index (χ4n) is 1.46. The number of hydrogen-bond donors (Lipinski definition) is 1. The molecule has 1 aromatic carbocycles. The minimum atomic E-state index is -3.48. The topological polar surface area (TPSA) is 71.4 Å². The van der Waals surface area contributed by atoms with Crippen LogP contribution in [0.2, 0.25) is 0 Å². The molecule has 1 aromatic rings. The summed E-state index contributed by atoms with van der Waals surface area (Å²) in [4.78, 5) is 10.9. The Bertz CT molecular complexity index is 503. The lowest BCUT2D eigenvalue weighted by Gasteiger charge is -2.07. The molecule has 0 atom stereocenters. The number of benzene rings is 1. The molecule has 1 rings (SSSR count). The molecule has 0 radical (unpaired) electrons. The molecule has 0 amide bonds. The van der Waals surface area contributed by atoms with Gasteiger partial charge >= 0.3 is 5.97 Å². The highest BCUT2D eigenvalue weighted by Crippen LogP contribution is 2.19. The van der Waals surface area contributed by atoms with Gasteiger partial charge in [0.2, 0.25) is 0 Å². The first kappa shape index (κ1) is 12.7. The minimum Gasteiger partial charge on any atom is -0.478 e. The quantitative estimate of drug-likeness (QED) is 0.875. The number of aryl methyl sites for hydroxylation is 1. The van der Waals surface area contributed by atoms with E-state index in [0.29, 0.717) is 6.42 Å². The summed E-state index contributed by atoms with van der Waals surface area (Å²) in [5.41, 5.74) is 0.585. The molecule has 0 unspecified atom stereocenters. The van der Waals surface area contributed by atoms with Gasteiger partial charge in [-0.15, -0.1) is 0 Å². The highest BCUT2D eigenvalue weighted by molar-refractivity contribution is 7.91. The van der Waals surface area contributed by atoms with Gasteiger partial charge in [0, 0.05) is 0 Å². The van der Waals surface area contributed by atoms with Crippen molar-refractivity contribution in [3.63, 3.8) is 0 Å². The van der Waals surface area contributed by atoms with Crippen LogP contribution in [0, 0.1) is 6.92 Å². The molecule has 88 valence electrons. The van der Waals surface area contributed by atoms with Gasteiger partial charge in [-0.3, -0.25) is 0 Å². The average molecular weight is 242 g/mol. The van der Waals surface area contributed by atoms with E-state index in [4.69, 9.17) is 5.11 Å². The van der Waals surface area contributed by atoms with Crippen LogP contribution >= 0.6 is 0 Å². The summed E-state index contributed by atoms with van der Waals surface area (Å²) >= 11 is 0. The molecule has 0 saturated carbocycles. The zero-order valence-electron chi connectivity index (χ0n) is 9.23. The molecule has 5 heteroatoms. The Hall–Kier alpha value is -1.36. The second-order valence-corrected chi connectivity index (χ2v) is 5.70. The summed E-state index contributed by atoms with van der Waals surface area (Å²) < 4.78 is 23.6. The predicted molar refractivity (Wildman–Crippen MR) is 60.5 cm³/mol. The van der Waals surface area contributed by atoms with Crippen LogP contribution in [-0.4, -0.2) is 25.2 Å². The van der Waals surface area contributed by atoms with E-state index in [0.717, 1.165) is 5.56 Å². The minimum absolute atomic E-state index is 0.0314. The molecule has 0 aromatic heterocycles. The molecule has 0 heterocycles. The Kier molecular flexibility index (Phi) is 3.70. The lowest BCUT2D eigenvalue weighted by Crippen LogP contribution is -2.12. The Labute approximate surface area is 94.8 Å². The average Bonchev–Trinajstić information content (AvgIpc) is 2.16. The number of rotatable bonds is 4. The lowest BCUT2D eigenvalue weighted by molar-refractivity contribution is 0.0692. The smallest absolute Gasteiger partial charge is 0.337 e. The van der Waals surface area contributed by atoms with Gasteiger partial charge in [-0.1, -0.05) is 18.6 Å². The summed E-state index contributed by atoms with van der Waals surface area (Å²) in [5.74, 6) is -1.24. The van der Waals surface area contributed by atoms with Crippen molar-refractivity contribution in [2.24, 2.45) is 0 Å². The Morgan fingerprint density at radius 2 is 2.00 bits per heavy atom. The molecule has 4 nitrogen and oxygen atoms in total. The first-order chi connectivity index (χ1) is 7.38. The molecule has 0 bridgehead atoms. The molecule has 0 aliphatic heterocycles. The molecular weight excluding hydrogens is 228 g/mol. The van der Waals surface area contributed by atoms with Crippen LogP contribution < -0.4 is 0 Å². The first-order valence-corrected chi connectivity index (χ1v) is 6.60. The number of hydrogen-bond acceptors (Lipinski definition) is 3. The summed E-state index contributed by atoms with van der Waals surface area (Å²) in [6.45, 7) is 3.47. The second kappa shape index (κ2) is 4.65. The Morgan fingerprint density at radius 3 is 2.50 bits per heavy atom. The van der Waals surface area contributed by atoms with Gasteiger partial charge in [0.05, 0.1) is 16.2 Å². The maximum Gasteiger partial charge on any atom is 0.337 e.